The van der Waals surface area contributed by atoms with Gasteiger partial charge >= 0.3 is 0 Å². The van der Waals surface area contributed by atoms with Gasteiger partial charge in [-0.1, -0.05) is 48.0 Å². The van der Waals surface area contributed by atoms with E-state index in [9.17, 15) is 13.2 Å². The Morgan fingerprint density at radius 1 is 1.00 bits per heavy atom. The van der Waals surface area contributed by atoms with Gasteiger partial charge < -0.3 is 0 Å². The Morgan fingerprint density at radius 2 is 1.57 bits per heavy atom. The predicted molar refractivity (Wildman–Crippen MR) is 82.8 cm³/mol. The Kier molecular flexibility index (Phi) is 4.58. The third-order valence-electron chi connectivity index (χ3n) is 3.37. The quantitative estimate of drug-likeness (QED) is 0.849. The average Bonchev–Trinajstić information content (AvgIpc) is 2.46. The highest BCUT2D eigenvalue weighted by Gasteiger charge is 2.30. The lowest BCUT2D eigenvalue weighted by molar-refractivity contribution is -0.117. The molecule has 2 aromatic carbocycles. The normalized spacial score (nSPS) is 12.9. The molecule has 0 spiro atoms. The smallest absolute Gasteiger partial charge is 0.185 e. The third kappa shape index (κ3) is 3.58. The van der Waals surface area contributed by atoms with Crippen LogP contribution in [0.15, 0.2) is 59.5 Å². The standard InChI is InChI=1S/C17H18O3S/c1-13-8-10-16(11-9-13)21(19,20)17(12-14(2)18)15-6-4-3-5-7-15/h3-11,17H,12H2,1-2H3/t17-/m1/s1. The largest absolute Gasteiger partial charge is 0.300 e. The van der Waals surface area contributed by atoms with Crippen LogP contribution < -0.4 is 0 Å². The summed E-state index contributed by atoms with van der Waals surface area (Å²) in [7, 11) is -3.59. The first-order valence-corrected chi connectivity index (χ1v) is 8.31. The molecule has 2 aromatic rings. The lowest BCUT2D eigenvalue weighted by Gasteiger charge is -2.17. The molecule has 0 aromatic heterocycles. The van der Waals surface area contributed by atoms with Gasteiger partial charge in [-0.15, -0.1) is 0 Å². The van der Waals surface area contributed by atoms with Crippen LogP contribution in [0.25, 0.3) is 0 Å². The molecule has 0 aliphatic carbocycles. The second kappa shape index (κ2) is 6.22. The molecular formula is C17H18O3S. The molecule has 0 aliphatic rings. The third-order valence-corrected chi connectivity index (χ3v) is 5.49. The Hall–Kier alpha value is -1.94. The van der Waals surface area contributed by atoms with Crippen LogP contribution in [0.1, 0.15) is 29.7 Å². The molecule has 21 heavy (non-hydrogen) atoms. The zero-order valence-electron chi connectivity index (χ0n) is 12.1. The number of rotatable bonds is 5. The minimum absolute atomic E-state index is 0.0137. The number of ketones is 1. The highest BCUT2D eigenvalue weighted by atomic mass is 32.2. The molecule has 0 aliphatic heterocycles. The average molecular weight is 302 g/mol. The fraction of sp³-hybridized carbons (Fsp3) is 0.235. The zero-order valence-corrected chi connectivity index (χ0v) is 12.9. The summed E-state index contributed by atoms with van der Waals surface area (Å²) in [6, 6.07) is 15.6. The van der Waals surface area contributed by atoms with Crippen LogP contribution in [0.5, 0.6) is 0 Å². The Bertz CT molecular complexity index is 716. The summed E-state index contributed by atoms with van der Waals surface area (Å²) < 4.78 is 25.7. The summed E-state index contributed by atoms with van der Waals surface area (Å²) in [5.74, 6) is -0.139. The minimum Gasteiger partial charge on any atom is -0.300 e. The highest BCUT2D eigenvalue weighted by molar-refractivity contribution is 7.91. The Morgan fingerprint density at radius 3 is 2.10 bits per heavy atom. The van der Waals surface area contributed by atoms with Crippen molar-refractivity contribution in [2.75, 3.05) is 0 Å². The summed E-state index contributed by atoms with van der Waals surface area (Å²) in [6.07, 6.45) is -0.0137. The van der Waals surface area contributed by atoms with Gasteiger partial charge in [0.05, 0.1) is 10.1 Å². The first kappa shape index (κ1) is 15.4. The Balaban J connectivity index is 2.49. The highest BCUT2D eigenvalue weighted by Crippen LogP contribution is 2.32. The van der Waals surface area contributed by atoms with E-state index in [0.717, 1.165) is 5.56 Å². The van der Waals surface area contributed by atoms with Crippen molar-refractivity contribution in [3.8, 4) is 0 Å². The van der Waals surface area contributed by atoms with Gasteiger partial charge in [-0.3, -0.25) is 4.79 Å². The van der Waals surface area contributed by atoms with Gasteiger partial charge in [0, 0.05) is 6.42 Å². The van der Waals surface area contributed by atoms with Crippen LogP contribution in [0.4, 0.5) is 0 Å². The van der Waals surface area contributed by atoms with Gasteiger partial charge in [-0.2, -0.15) is 0 Å². The van der Waals surface area contributed by atoms with Crippen molar-refractivity contribution in [3.63, 3.8) is 0 Å². The summed E-state index contributed by atoms with van der Waals surface area (Å²) in [5.41, 5.74) is 1.64. The van der Waals surface area contributed by atoms with Crippen molar-refractivity contribution in [1.29, 1.82) is 0 Å². The van der Waals surface area contributed by atoms with Gasteiger partial charge in [0.25, 0.3) is 0 Å². The molecule has 4 heteroatoms. The molecule has 0 amide bonds. The maximum Gasteiger partial charge on any atom is 0.185 e. The molecule has 0 saturated heterocycles. The number of benzene rings is 2. The topological polar surface area (TPSA) is 51.2 Å². The van der Waals surface area contributed by atoms with E-state index < -0.39 is 15.1 Å². The van der Waals surface area contributed by atoms with Gasteiger partial charge in [-0.25, -0.2) is 8.42 Å². The molecule has 0 N–H and O–H groups in total. The van der Waals surface area contributed by atoms with Crippen LogP contribution in [0, 0.1) is 6.92 Å². The van der Waals surface area contributed by atoms with Gasteiger partial charge in [0.2, 0.25) is 0 Å². The predicted octanol–water partition coefficient (Wildman–Crippen LogP) is 3.49. The second-order valence-corrected chi connectivity index (χ2v) is 7.29. The lowest BCUT2D eigenvalue weighted by atomic mass is 10.1. The molecular weight excluding hydrogens is 284 g/mol. The number of hydrogen-bond acceptors (Lipinski definition) is 3. The lowest BCUT2D eigenvalue weighted by Crippen LogP contribution is -2.16. The van der Waals surface area contributed by atoms with E-state index in [1.807, 2.05) is 13.0 Å². The Labute approximate surface area is 125 Å². The van der Waals surface area contributed by atoms with E-state index in [1.165, 1.54) is 6.92 Å². The summed E-state index contributed by atoms with van der Waals surface area (Å²) in [4.78, 5) is 11.7. The molecule has 0 heterocycles. The molecule has 0 fully saturated rings. The van der Waals surface area contributed by atoms with E-state index in [2.05, 4.69) is 0 Å². The van der Waals surface area contributed by atoms with Crippen LogP contribution in [-0.2, 0) is 14.6 Å². The number of aryl methyl sites for hydroxylation is 1. The maximum atomic E-state index is 12.8. The van der Waals surface area contributed by atoms with Crippen LogP contribution in [-0.4, -0.2) is 14.2 Å². The first-order chi connectivity index (χ1) is 9.91. The molecule has 0 unspecified atom stereocenters. The van der Waals surface area contributed by atoms with Crippen LogP contribution in [0.2, 0.25) is 0 Å². The molecule has 0 bridgehead atoms. The SMILES string of the molecule is CC(=O)C[C@H](c1ccccc1)S(=O)(=O)c1ccc(C)cc1. The molecule has 110 valence electrons. The van der Waals surface area contributed by atoms with E-state index in [1.54, 1.807) is 48.5 Å². The fourth-order valence-electron chi connectivity index (χ4n) is 2.23. The van der Waals surface area contributed by atoms with Crippen molar-refractivity contribution >= 4 is 15.6 Å². The number of carbonyl (C=O) groups excluding carboxylic acids is 1. The van der Waals surface area contributed by atoms with Crippen molar-refractivity contribution in [1.82, 2.24) is 0 Å². The molecule has 2 rings (SSSR count). The van der Waals surface area contributed by atoms with Crippen molar-refractivity contribution in [2.24, 2.45) is 0 Å². The molecule has 3 nitrogen and oxygen atoms in total. The van der Waals surface area contributed by atoms with E-state index >= 15 is 0 Å². The number of hydrogen-bond donors (Lipinski definition) is 0. The second-order valence-electron chi connectivity index (χ2n) is 5.16. The van der Waals surface area contributed by atoms with Gasteiger partial charge in [0.1, 0.15) is 5.78 Å². The number of Topliss-reactive ketones (excluding diaryl/α,β-unsaturated/α-hetero) is 1. The summed E-state index contributed by atoms with van der Waals surface area (Å²) in [6.45, 7) is 3.32. The number of sulfone groups is 1. The van der Waals surface area contributed by atoms with Crippen LogP contribution in [0.3, 0.4) is 0 Å². The zero-order chi connectivity index (χ0) is 15.5. The molecule has 1 atom stereocenters. The van der Waals surface area contributed by atoms with Crippen molar-refractivity contribution < 1.29 is 13.2 Å². The monoisotopic (exact) mass is 302 g/mol. The number of carbonyl (C=O) groups is 1. The maximum absolute atomic E-state index is 12.8. The summed E-state index contributed by atoms with van der Waals surface area (Å²) >= 11 is 0. The first-order valence-electron chi connectivity index (χ1n) is 6.76. The molecule has 0 saturated carbocycles. The van der Waals surface area contributed by atoms with Gasteiger partial charge in [-0.05, 0) is 31.5 Å². The van der Waals surface area contributed by atoms with E-state index in [4.69, 9.17) is 0 Å². The van der Waals surface area contributed by atoms with E-state index in [-0.39, 0.29) is 17.1 Å². The van der Waals surface area contributed by atoms with Gasteiger partial charge in [0.15, 0.2) is 9.84 Å². The van der Waals surface area contributed by atoms with Crippen molar-refractivity contribution in [2.45, 2.75) is 30.4 Å². The minimum atomic E-state index is -3.59. The molecule has 0 radical (unpaired) electrons. The van der Waals surface area contributed by atoms with Crippen molar-refractivity contribution in [3.05, 3.63) is 65.7 Å². The van der Waals surface area contributed by atoms with Crippen LogP contribution >= 0.6 is 0 Å². The van der Waals surface area contributed by atoms with E-state index in [0.29, 0.717) is 5.56 Å². The summed E-state index contributed by atoms with van der Waals surface area (Å²) in [5, 5.41) is -0.834. The fourth-order valence-corrected chi connectivity index (χ4v) is 4.04.